The molecular weight excluding hydrogens is 264 g/mol. The van der Waals surface area contributed by atoms with E-state index in [2.05, 4.69) is 13.0 Å². The van der Waals surface area contributed by atoms with Crippen molar-refractivity contribution in [2.24, 2.45) is 0 Å². The molecule has 0 spiro atoms. The standard InChI is InChI=1S/C18H28O3/c1-2-3-4-5-6-7-11-16-12-8-9-13-17(16)21-15-10-14-18(19)20/h8-9,12-13H,2-7,10-11,14-15H2,1H3,(H,19,20). The molecule has 0 saturated carbocycles. The quantitative estimate of drug-likeness (QED) is 0.561. The minimum atomic E-state index is -0.765. The van der Waals surface area contributed by atoms with Gasteiger partial charge in [0.1, 0.15) is 5.75 Å². The maximum atomic E-state index is 10.5. The first-order chi connectivity index (χ1) is 10.2. The van der Waals surface area contributed by atoms with Crippen molar-refractivity contribution in [2.75, 3.05) is 6.61 Å². The van der Waals surface area contributed by atoms with Crippen LogP contribution >= 0.6 is 0 Å². The number of carboxylic acid groups (broad SMARTS) is 1. The molecule has 0 aliphatic heterocycles. The van der Waals surface area contributed by atoms with Gasteiger partial charge in [0.05, 0.1) is 6.61 Å². The van der Waals surface area contributed by atoms with E-state index in [1.54, 1.807) is 0 Å². The second-order valence-corrected chi connectivity index (χ2v) is 5.47. The smallest absolute Gasteiger partial charge is 0.303 e. The number of para-hydroxylation sites is 1. The van der Waals surface area contributed by atoms with Crippen molar-refractivity contribution in [3.05, 3.63) is 29.8 Å². The Morgan fingerprint density at radius 1 is 1.05 bits per heavy atom. The van der Waals surface area contributed by atoms with Gasteiger partial charge in [0, 0.05) is 6.42 Å². The van der Waals surface area contributed by atoms with Crippen LogP contribution in [-0.4, -0.2) is 17.7 Å². The largest absolute Gasteiger partial charge is 0.493 e. The van der Waals surface area contributed by atoms with Crippen molar-refractivity contribution >= 4 is 5.97 Å². The first-order valence-corrected chi connectivity index (χ1v) is 8.16. The van der Waals surface area contributed by atoms with Crippen molar-refractivity contribution in [1.29, 1.82) is 0 Å². The van der Waals surface area contributed by atoms with Crippen LogP contribution in [0.2, 0.25) is 0 Å². The minimum absolute atomic E-state index is 0.166. The highest BCUT2D eigenvalue weighted by Crippen LogP contribution is 2.21. The summed E-state index contributed by atoms with van der Waals surface area (Å²) in [4.78, 5) is 10.5. The second kappa shape index (κ2) is 11.2. The van der Waals surface area contributed by atoms with E-state index in [1.807, 2.05) is 18.2 Å². The lowest BCUT2D eigenvalue weighted by molar-refractivity contribution is -0.137. The molecule has 0 amide bonds. The molecule has 0 radical (unpaired) electrons. The first-order valence-electron chi connectivity index (χ1n) is 8.16. The van der Waals surface area contributed by atoms with Crippen LogP contribution in [0.3, 0.4) is 0 Å². The summed E-state index contributed by atoms with van der Waals surface area (Å²) < 4.78 is 5.72. The Kier molecular flexibility index (Phi) is 9.34. The molecule has 1 aromatic rings. The van der Waals surface area contributed by atoms with Crippen LogP contribution in [0.4, 0.5) is 0 Å². The maximum Gasteiger partial charge on any atom is 0.303 e. The molecule has 0 bridgehead atoms. The third-order valence-electron chi connectivity index (χ3n) is 3.56. The molecule has 0 heterocycles. The summed E-state index contributed by atoms with van der Waals surface area (Å²) in [6.07, 6.45) is 9.50. The third kappa shape index (κ3) is 8.38. The van der Waals surface area contributed by atoms with E-state index < -0.39 is 5.97 Å². The van der Waals surface area contributed by atoms with Crippen LogP contribution in [0.5, 0.6) is 5.75 Å². The lowest BCUT2D eigenvalue weighted by Gasteiger charge is -2.11. The molecule has 0 aliphatic carbocycles. The fourth-order valence-electron chi connectivity index (χ4n) is 2.35. The van der Waals surface area contributed by atoms with Gasteiger partial charge >= 0.3 is 5.97 Å². The van der Waals surface area contributed by atoms with E-state index in [1.165, 1.54) is 44.1 Å². The van der Waals surface area contributed by atoms with Crippen LogP contribution in [0, 0.1) is 0 Å². The molecule has 0 fully saturated rings. The molecule has 0 aromatic heterocycles. The van der Waals surface area contributed by atoms with E-state index in [-0.39, 0.29) is 6.42 Å². The monoisotopic (exact) mass is 292 g/mol. The summed E-state index contributed by atoms with van der Waals surface area (Å²) in [7, 11) is 0. The lowest BCUT2D eigenvalue weighted by atomic mass is 10.0. The molecule has 0 atom stereocenters. The van der Waals surface area contributed by atoms with Crippen molar-refractivity contribution in [1.82, 2.24) is 0 Å². The summed E-state index contributed by atoms with van der Waals surface area (Å²) >= 11 is 0. The zero-order valence-corrected chi connectivity index (χ0v) is 13.1. The average Bonchev–Trinajstić information content (AvgIpc) is 2.48. The van der Waals surface area contributed by atoms with E-state index in [4.69, 9.17) is 9.84 Å². The van der Waals surface area contributed by atoms with Crippen LogP contribution in [0.15, 0.2) is 24.3 Å². The Morgan fingerprint density at radius 3 is 2.52 bits per heavy atom. The zero-order valence-electron chi connectivity index (χ0n) is 13.1. The molecule has 0 unspecified atom stereocenters. The highest BCUT2D eigenvalue weighted by molar-refractivity contribution is 5.66. The molecule has 3 heteroatoms. The zero-order chi connectivity index (χ0) is 15.3. The molecule has 1 rings (SSSR count). The Hall–Kier alpha value is -1.51. The van der Waals surface area contributed by atoms with E-state index in [9.17, 15) is 4.79 Å². The number of carbonyl (C=O) groups is 1. The number of unbranched alkanes of at least 4 members (excludes halogenated alkanes) is 5. The first kappa shape index (κ1) is 17.5. The number of benzene rings is 1. The Labute approximate surface area is 128 Å². The number of carboxylic acids is 1. The van der Waals surface area contributed by atoms with Crippen LogP contribution in [0.1, 0.15) is 63.9 Å². The number of hydrogen-bond donors (Lipinski definition) is 1. The van der Waals surface area contributed by atoms with Gasteiger partial charge in [0.2, 0.25) is 0 Å². The number of aliphatic carboxylic acids is 1. The molecule has 118 valence electrons. The molecular formula is C18H28O3. The van der Waals surface area contributed by atoms with Gasteiger partial charge in [0.25, 0.3) is 0 Å². The fourth-order valence-corrected chi connectivity index (χ4v) is 2.35. The van der Waals surface area contributed by atoms with Crippen LogP contribution in [-0.2, 0) is 11.2 Å². The summed E-state index contributed by atoms with van der Waals surface area (Å²) in [6.45, 7) is 2.71. The number of aryl methyl sites for hydroxylation is 1. The number of hydrogen-bond acceptors (Lipinski definition) is 2. The van der Waals surface area contributed by atoms with Crippen LogP contribution < -0.4 is 4.74 Å². The van der Waals surface area contributed by atoms with E-state index >= 15 is 0 Å². The molecule has 0 saturated heterocycles. The van der Waals surface area contributed by atoms with Gasteiger partial charge in [-0.1, -0.05) is 57.2 Å². The molecule has 1 aromatic carbocycles. The van der Waals surface area contributed by atoms with E-state index in [0.717, 1.165) is 12.2 Å². The molecule has 1 N–H and O–H groups in total. The summed E-state index contributed by atoms with van der Waals surface area (Å²) in [5.41, 5.74) is 1.24. The van der Waals surface area contributed by atoms with Crippen molar-refractivity contribution in [2.45, 2.75) is 64.7 Å². The average molecular weight is 292 g/mol. The normalized spacial score (nSPS) is 10.5. The minimum Gasteiger partial charge on any atom is -0.493 e. The molecule has 0 aliphatic rings. The number of rotatable bonds is 12. The SMILES string of the molecule is CCCCCCCCc1ccccc1OCCCC(=O)O. The van der Waals surface area contributed by atoms with Crippen molar-refractivity contribution < 1.29 is 14.6 Å². The van der Waals surface area contributed by atoms with Gasteiger partial charge in [0.15, 0.2) is 0 Å². The van der Waals surface area contributed by atoms with Gasteiger partial charge in [-0.05, 0) is 30.9 Å². The Morgan fingerprint density at radius 2 is 1.76 bits per heavy atom. The van der Waals surface area contributed by atoms with Gasteiger partial charge in [-0.15, -0.1) is 0 Å². The van der Waals surface area contributed by atoms with Gasteiger partial charge < -0.3 is 9.84 Å². The maximum absolute atomic E-state index is 10.5. The fraction of sp³-hybridized carbons (Fsp3) is 0.611. The van der Waals surface area contributed by atoms with E-state index in [0.29, 0.717) is 13.0 Å². The predicted molar refractivity (Wildman–Crippen MR) is 85.9 cm³/mol. The van der Waals surface area contributed by atoms with Gasteiger partial charge in [-0.3, -0.25) is 4.79 Å². The Balaban J connectivity index is 2.28. The second-order valence-electron chi connectivity index (χ2n) is 5.47. The molecule has 3 nitrogen and oxygen atoms in total. The van der Waals surface area contributed by atoms with Gasteiger partial charge in [-0.25, -0.2) is 0 Å². The summed E-state index contributed by atoms with van der Waals surface area (Å²) in [6, 6.07) is 8.10. The molecule has 21 heavy (non-hydrogen) atoms. The Bertz CT molecular complexity index is 401. The van der Waals surface area contributed by atoms with Crippen LogP contribution in [0.25, 0.3) is 0 Å². The predicted octanol–water partition coefficient (Wildman–Crippen LogP) is 4.83. The highest BCUT2D eigenvalue weighted by atomic mass is 16.5. The summed E-state index contributed by atoms with van der Waals surface area (Å²) in [5.74, 6) is 0.149. The lowest BCUT2D eigenvalue weighted by Crippen LogP contribution is -2.03. The van der Waals surface area contributed by atoms with Crippen molar-refractivity contribution in [3.8, 4) is 5.75 Å². The summed E-state index contributed by atoms with van der Waals surface area (Å²) in [5, 5.41) is 8.61. The van der Waals surface area contributed by atoms with Gasteiger partial charge in [-0.2, -0.15) is 0 Å². The van der Waals surface area contributed by atoms with Crippen molar-refractivity contribution in [3.63, 3.8) is 0 Å². The third-order valence-corrected chi connectivity index (χ3v) is 3.56. The number of ether oxygens (including phenoxy) is 1. The topological polar surface area (TPSA) is 46.5 Å². The highest BCUT2D eigenvalue weighted by Gasteiger charge is 2.04.